The van der Waals surface area contributed by atoms with Gasteiger partial charge in [-0.1, -0.05) is 0 Å². The molecule has 0 atom stereocenters. The summed E-state index contributed by atoms with van der Waals surface area (Å²) in [6.45, 7) is 5.54. The van der Waals surface area contributed by atoms with Crippen LogP contribution in [0.25, 0.3) is 0 Å². The van der Waals surface area contributed by atoms with Gasteiger partial charge in [0.25, 0.3) is 5.91 Å². The smallest absolute Gasteiger partial charge is 0.263 e. The Morgan fingerprint density at radius 2 is 1.86 bits per heavy atom. The molecule has 21 heavy (non-hydrogen) atoms. The number of carbonyl (C=O) groups is 1. The van der Waals surface area contributed by atoms with E-state index in [-0.39, 0.29) is 5.57 Å². The van der Waals surface area contributed by atoms with Gasteiger partial charge in [-0.3, -0.25) is 4.79 Å². The highest BCUT2D eigenvalue weighted by atomic mass is 32.2. The van der Waals surface area contributed by atoms with Crippen LogP contribution in [-0.4, -0.2) is 11.4 Å². The van der Waals surface area contributed by atoms with Crippen molar-refractivity contribution in [1.29, 1.82) is 10.5 Å². The van der Waals surface area contributed by atoms with Crippen molar-refractivity contribution < 1.29 is 4.79 Å². The van der Waals surface area contributed by atoms with E-state index in [9.17, 15) is 4.79 Å². The van der Waals surface area contributed by atoms with Crippen molar-refractivity contribution in [1.82, 2.24) is 5.32 Å². The van der Waals surface area contributed by atoms with Gasteiger partial charge in [0.15, 0.2) is 0 Å². The zero-order valence-corrected chi connectivity index (χ0v) is 12.9. The Balaban J connectivity index is 2.75. The number of rotatable bonds is 4. The van der Waals surface area contributed by atoms with Gasteiger partial charge in [0, 0.05) is 22.3 Å². The highest BCUT2D eigenvalue weighted by molar-refractivity contribution is 8.03. The van der Waals surface area contributed by atoms with Crippen LogP contribution in [-0.2, 0) is 4.79 Å². The maximum atomic E-state index is 11.9. The second-order valence-corrected chi connectivity index (χ2v) is 6.09. The van der Waals surface area contributed by atoms with Crippen molar-refractivity contribution >= 4 is 23.4 Å². The molecule has 0 aliphatic carbocycles. The van der Waals surface area contributed by atoms with E-state index in [1.807, 2.05) is 32.2 Å². The van der Waals surface area contributed by atoms with Gasteiger partial charge in [-0.25, -0.2) is 0 Å². The van der Waals surface area contributed by atoms with E-state index < -0.39 is 11.4 Å². The minimum atomic E-state index is -0.422. The molecule has 0 aliphatic rings. The Morgan fingerprint density at radius 3 is 2.33 bits per heavy atom. The minimum Gasteiger partial charge on any atom is -0.360 e. The summed E-state index contributed by atoms with van der Waals surface area (Å²) in [7, 11) is 0. The number of hydrogen-bond acceptors (Lipinski definition) is 5. The fraction of sp³-hybridized carbons (Fsp3) is 0.267. The molecule has 0 spiro atoms. The molecular weight excluding hydrogens is 284 g/mol. The monoisotopic (exact) mass is 300 g/mol. The maximum Gasteiger partial charge on any atom is 0.263 e. The normalized spacial score (nSPS) is 11.2. The first-order valence-electron chi connectivity index (χ1n) is 6.21. The van der Waals surface area contributed by atoms with E-state index in [1.54, 1.807) is 24.3 Å². The number of nitrogens with zero attached hydrogens (tertiary/aromatic N) is 2. The fourth-order valence-electron chi connectivity index (χ4n) is 1.38. The van der Waals surface area contributed by atoms with Crippen molar-refractivity contribution in [2.75, 3.05) is 5.32 Å². The first-order valence-corrected chi connectivity index (χ1v) is 7.02. The Bertz CT molecular complexity index is 615. The van der Waals surface area contributed by atoms with Crippen LogP contribution in [0.1, 0.15) is 20.8 Å². The lowest BCUT2D eigenvalue weighted by atomic mass is 10.1. The van der Waals surface area contributed by atoms with Gasteiger partial charge in [0.1, 0.15) is 17.0 Å². The van der Waals surface area contributed by atoms with Crippen LogP contribution in [0, 0.1) is 22.0 Å². The van der Waals surface area contributed by atoms with Crippen LogP contribution in [0.5, 0.6) is 0 Å². The molecule has 108 valence electrons. The number of benzene rings is 1. The van der Waals surface area contributed by atoms with Gasteiger partial charge in [-0.05, 0) is 56.8 Å². The second-order valence-electron chi connectivity index (χ2n) is 5.24. The summed E-state index contributed by atoms with van der Waals surface area (Å²) in [4.78, 5) is 12.7. The standard InChI is InChI=1S/C15H16N4OS/c1-15(2,3)19-14(20)11(8-16)9-18-12-4-6-13(7-5-12)21-10-17/h4-7,9,18H,1-3H3,(H,19,20)/b11-9-. The first-order chi connectivity index (χ1) is 9.85. The van der Waals surface area contributed by atoms with E-state index in [0.29, 0.717) is 0 Å². The lowest BCUT2D eigenvalue weighted by Crippen LogP contribution is -2.41. The molecule has 0 saturated heterocycles. The largest absolute Gasteiger partial charge is 0.360 e. The molecule has 0 saturated carbocycles. The predicted octanol–water partition coefficient (Wildman–Crippen LogP) is 2.99. The first kappa shape index (κ1) is 16.6. The number of hydrogen-bond donors (Lipinski definition) is 2. The van der Waals surface area contributed by atoms with Gasteiger partial charge in [0.2, 0.25) is 0 Å². The zero-order valence-electron chi connectivity index (χ0n) is 12.1. The summed E-state index contributed by atoms with van der Waals surface area (Å²) in [6, 6.07) is 8.97. The molecule has 1 aromatic carbocycles. The molecule has 2 N–H and O–H groups in total. The van der Waals surface area contributed by atoms with E-state index in [4.69, 9.17) is 10.5 Å². The number of nitrogens with one attached hydrogen (secondary N) is 2. The van der Waals surface area contributed by atoms with Crippen molar-refractivity contribution in [3.63, 3.8) is 0 Å². The molecular formula is C15H16N4OS. The predicted molar refractivity (Wildman–Crippen MR) is 83.1 cm³/mol. The third kappa shape index (κ3) is 6.03. The Morgan fingerprint density at radius 1 is 1.24 bits per heavy atom. The van der Waals surface area contributed by atoms with Crippen LogP contribution < -0.4 is 10.6 Å². The Kier molecular flexibility index (Phi) is 5.83. The van der Waals surface area contributed by atoms with Crippen molar-refractivity contribution in [3.05, 3.63) is 36.0 Å². The summed E-state index contributed by atoms with van der Waals surface area (Å²) in [5.74, 6) is -0.422. The maximum absolute atomic E-state index is 11.9. The fourth-order valence-corrected chi connectivity index (χ4v) is 1.76. The van der Waals surface area contributed by atoms with Gasteiger partial charge >= 0.3 is 0 Å². The number of thiocyanates is 1. The van der Waals surface area contributed by atoms with E-state index >= 15 is 0 Å². The molecule has 0 radical (unpaired) electrons. The SMILES string of the molecule is CC(C)(C)NC(=O)/C(C#N)=C\Nc1ccc(SC#N)cc1. The molecule has 0 aliphatic heterocycles. The van der Waals surface area contributed by atoms with Crippen molar-refractivity contribution in [2.45, 2.75) is 31.2 Å². The number of amides is 1. The quantitative estimate of drug-likeness (QED) is 0.386. The van der Waals surface area contributed by atoms with Crippen molar-refractivity contribution in [3.8, 4) is 11.5 Å². The molecule has 1 aromatic rings. The average Bonchev–Trinajstić information content (AvgIpc) is 2.39. The summed E-state index contributed by atoms with van der Waals surface area (Å²) in [5, 5.41) is 25.2. The van der Waals surface area contributed by atoms with E-state index in [1.165, 1.54) is 6.20 Å². The van der Waals surface area contributed by atoms with Gasteiger partial charge < -0.3 is 10.6 Å². The molecule has 5 nitrogen and oxygen atoms in total. The molecule has 0 unspecified atom stereocenters. The van der Waals surface area contributed by atoms with Crippen LogP contribution in [0.3, 0.4) is 0 Å². The minimum absolute atomic E-state index is 0.000372. The number of anilines is 1. The Labute approximate surface area is 128 Å². The third-order valence-corrected chi connectivity index (χ3v) is 2.85. The summed E-state index contributed by atoms with van der Waals surface area (Å²) in [6.07, 6.45) is 1.37. The number of nitriles is 2. The third-order valence-electron chi connectivity index (χ3n) is 2.25. The van der Waals surface area contributed by atoms with Crippen LogP contribution >= 0.6 is 11.8 Å². The van der Waals surface area contributed by atoms with Gasteiger partial charge in [-0.15, -0.1) is 0 Å². The second kappa shape index (κ2) is 7.37. The number of thioether (sulfide) groups is 1. The van der Waals surface area contributed by atoms with Gasteiger partial charge in [0.05, 0.1) is 0 Å². The van der Waals surface area contributed by atoms with Crippen LogP contribution in [0.2, 0.25) is 0 Å². The molecule has 0 heterocycles. The van der Waals surface area contributed by atoms with Gasteiger partial charge in [-0.2, -0.15) is 10.5 Å². The molecule has 0 bridgehead atoms. The topological polar surface area (TPSA) is 88.7 Å². The van der Waals surface area contributed by atoms with Crippen molar-refractivity contribution in [2.24, 2.45) is 0 Å². The summed E-state index contributed by atoms with van der Waals surface area (Å²) in [5.41, 5.74) is 0.331. The average molecular weight is 300 g/mol. The van der Waals surface area contributed by atoms with E-state index in [0.717, 1.165) is 22.3 Å². The van der Waals surface area contributed by atoms with E-state index in [2.05, 4.69) is 10.6 Å². The molecule has 1 rings (SSSR count). The molecule has 6 heteroatoms. The zero-order chi connectivity index (χ0) is 15.9. The summed E-state index contributed by atoms with van der Waals surface area (Å²) >= 11 is 1.07. The molecule has 0 fully saturated rings. The number of carbonyl (C=O) groups excluding carboxylic acids is 1. The van der Waals surface area contributed by atoms with Crippen LogP contribution in [0.15, 0.2) is 40.9 Å². The summed E-state index contributed by atoms with van der Waals surface area (Å²) < 4.78 is 0. The highest BCUT2D eigenvalue weighted by Crippen LogP contribution is 2.19. The molecule has 1 amide bonds. The lowest BCUT2D eigenvalue weighted by Gasteiger charge is -2.20. The highest BCUT2D eigenvalue weighted by Gasteiger charge is 2.16. The lowest BCUT2D eigenvalue weighted by molar-refractivity contribution is -0.118. The molecule has 0 aromatic heterocycles. The Hall–Kier alpha value is -2.44. The van der Waals surface area contributed by atoms with Crippen LogP contribution in [0.4, 0.5) is 5.69 Å².